The van der Waals surface area contributed by atoms with E-state index in [1.54, 1.807) is 6.20 Å². The van der Waals surface area contributed by atoms with Crippen LogP contribution < -0.4 is 0 Å². The summed E-state index contributed by atoms with van der Waals surface area (Å²) in [6.07, 6.45) is 2.47. The average Bonchev–Trinajstić information content (AvgIpc) is 2.49. The largest absolute Gasteiger partial charge is 0.297 e. The number of pyridine rings is 1. The normalized spacial score (nSPS) is 23.0. The fraction of sp³-hybridized carbons (Fsp3) is 0.455. The van der Waals surface area contributed by atoms with Gasteiger partial charge in [0.15, 0.2) is 5.78 Å². The second-order valence-corrected chi connectivity index (χ2v) is 3.83. The Morgan fingerprint density at radius 3 is 2.79 bits per heavy atom. The summed E-state index contributed by atoms with van der Waals surface area (Å²) in [5.41, 5.74) is 2.00. The third-order valence-electron chi connectivity index (χ3n) is 2.71. The Bertz CT molecular complexity index is 345. The summed E-state index contributed by atoms with van der Waals surface area (Å²) in [6.45, 7) is 2.81. The van der Waals surface area contributed by atoms with E-state index in [2.05, 4.69) is 9.88 Å². The lowest BCUT2D eigenvalue weighted by Gasteiger charge is -2.17. The monoisotopic (exact) mass is 190 g/mol. The molecule has 0 aliphatic carbocycles. The number of likely N-dealkylation sites (tertiary alicyclic amines) is 1. The van der Waals surface area contributed by atoms with E-state index in [9.17, 15) is 4.79 Å². The van der Waals surface area contributed by atoms with Gasteiger partial charge in [-0.3, -0.25) is 14.7 Å². The molecule has 0 radical (unpaired) electrons. The van der Waals surface area contributed by atoms with Crippen LogP contribution in [0, 0.1) is 6.92 Å². The average molecular weight is 190 g/mol. The van der Waals surface area contributed by atoms with Gasteiger partial charge in [-0.05, 0) is 25.6 Å². The van der Waals surface area contributed by atoms with E-state index in [0.717, 1.165) is 17.8 Å². The molecule has 0 amide bonds. The molecule has 0 N–H and O–H groups in total. The molecule has 1 aromatic rings. The van der Waals surface area contributed by atoms with Crippen molar-refractivity contribution in [3.63, 3.8) is 0 Å². The number of carbonyl (C=O) groups excluding carboxylic acids is 1. The van der Waals surface area contributed by atoms with E-state index < -0.39 is 0 Å². The summed E-state index contributed by atoms with van der Waals surface area (Å²) < 4.78 is 0. The molecule has 0 bridgehead atoms. The van der Waals surface area contributed by atoms with Gasteiger partial charge < -0.3 is 0 Å². The van der Waals surface area contributed by atoms with Crippen molar-refractivity contribution in [1.29, 1.82) is 0 Å². The maximum Gasteiger partial charge on any atom is 0.155 e. The zero-order valence-corrected chi connectivity index (χ0v) is 8.53. The van der Waals surface area contributed by atoms with Crippen LogP contribution in [0.15, 0.2) is 18.3 Å². The van der Waals surface area contributed by atoms with Gasteiger partial charge in [-0.2, -0.15) is 0 Å². The molecule has 1 saturated heterocycles. The Hall–Kier alpha value is -1.22. The summed E-state index contributed by atoms with van der Waals surface area (Å²) in [5.74, 6) is 0.304. The van der Waals surface area contributed by atoms with Crippen LogP contribution in [-0.4, -0.2) is 29.3 Å². The van der Waals surface area contributed by atoms with Crippen molar-refractivity contribution < 1.29 is 4.79 Å². The molecule has 3 heteroatoms. The Morgan fingerprint density at radius 2 is 2.29 bits per heavy atom. The van der Waals surface area contributed by atoms with Gasteiger partial charge in [0.2, 0.25) is 0 Å². The van der Waals surface area contributed by atoms with E-state index in [1.807, 2.05) is 26.1 Å². The molecule has 1 aromatic heterocycles. The van der Waals surface area contributed by atoms with Crippen molar-refractivity contribution in [2.75, 3.05) is 13.6 Å². The molecule has 0 spiro atoms. The first kappa shape index (κ1) is 9.34. The topological polar surface area (TPSA) is 33.2 Å². The molecule has 74 valence electrons. The molecule has 1 aliphatic heterocycles. The number of hydrogen-bond acceptors (Lipinski definition) is 3. The van der Waals surface area contributed by atoms with Gasteiger partial charge in [0.25, 0.3) is 0 Å². The highest BCUT2D eigenvalue weighted by Crippen LogP contribution is 2.26. The van der Waals surface area contributed by atoms with Crippen molar-refractivity contribution in [2.24, 2.45) is 0 Å². The number of carbonyl (C=O) groups is 1. The fourth-order valence-corrected chi connectivity index (χ4v) is 1.88. The first-order chi connectivity index (χ1) is 6.68. The predicted octanol–water partition coefficient (Wildman–Crippen LogP) is 1.34. The van der Waals surface area contributed by atoms with Gasteiger partial charge in [0.1, 0.15) is 0 Å². The zero-order valence-electron chi connectivity index (χ0n) is 8.53. The van der Waals surface area contributed by atoms with Crippen molar-refractivity contribution in [2.45, 2.75) is 19.4 Å². The lowest BCUT2D eigenvalue weighted by Crippen LogP contribution is -2.21. The van der Waals surface area contributed by atoms with Crippen LogP contribution in [0.3, 0.4) is 0 Å². The van der Waals surface area contributed by atoms with Crippen LogP contribution in [0.25, 0.3) is 0 Å². The van der Waals surface area contributed by atoms with Gasteiger partial charge in [0.05, 0.1) is 6.04 Å². The van der Waals surface area contributed by atoms with Gasteiger partial charge in [-0.25, -0.2) is 0 Å². The molecule has 1 atom stereocenters. The van der Waals surface area contributed by atoms with Crippen LogP contribution in [0.2, 0.25) is 0 Å². The summed E-state index contributed by atoms with van der Waals surface area (Å²) in [5, 5.41) is 0. The van der Waals surface area contributed by atoms with Gasteiger partial charge in [0, 0.05) is 24.9 Å². The third-order valence-corrected chi connectivity index (χ3v) is 2.71. The lowest BCUT2D eigenvalue weighted by molar-refractivity contribution is -0.119. The standard InChI is InChI=1S/C11H14N2O/c1-8-3-4-9(7-12-8)11-10(14)5-6-13(11)2/h3-4,7,11H,5-6H2,1-2H3. The molecule has 2 rings (SSSR count). The first-order valence-corrected chi connectivity index (χ1v) is 4.84. The van der Waals surface area contributed by atoms with E-state index >= 15 is 0 Å². The fourth-order valence-electron chi connectivity index (χ4n) is 1.88. The first-order valence-electron chi connectivity index (χ1n) is 4.84. The van der Waals surface area contributed by atoms with Crippen LogP contribution in [-0.2, 0) is 4.79 Å². The summed E-state index contributed by atoms with van der Waals surface area (Å²) >= 11 is 0. The lowest BCUT2D eigenvalue weighted by atomic mass is 10.1. The van der Waals surface area contributed by atoms with Crippen molar-refractivity contribution >= 4 is 5.78 Å². The van der Waals surface area contributed by atoms with Gasteiger partial charge in [-0.15, -0.1) is 0 Å². The predicted molar refractivity (Wildman–Crippen MR) is 54.0 cm³/mol. The molecule has 2 heterocycles. The summed E-state index contributed by atoms with van der Waals surface area (Å²) in [6, 6.07) is 3.88. The number of nitrogens with zero attached hydrogens (tertiary/aromatic N) is 2. The number of likely N-dealkylation sites (N-methyl/N-ethyl adjacent to an activating group) is 1. The highest BCUT2D eigenvalue weighted by Gasteiger charge is 2.30. The summed E-state index contributed by atoms with van der Waals surface area (Å²) in [7, 11) is 1.98. The minimum Gasteiger partial charge on any atom is -0.297 e. The molecule has 1 fully saturated rings. The van der Waals surface area contributed by atoms with Gasteiger partial charge in [-0.1, -0.05) is 6.07 Å². The highest BCUT2D eigenvalue weighted by molar-refractivity contribution is 5.87. The molecular weight excluding hydrogens is 176 g/mol. The second-order valence-electron chi connectivity index (χ2n) is 3.83. The maximum absolute atomic E-state index is 11.6. The van der Waals surface area contributed by atoms with Crippen LogP contribution in [0.1, 0.15) is 23.7 Å². The van der Waals surface area contributed by atoms with Crippen molar-refractivity contribution in [1.82, 2.24) is 9.88 Å². The SMILES string of the molecule is Cc1ccc(C2C(=O)CCN2C)cn1. The molecule has 1 unspecified atom stereocenters. The minimum absolute atomic E-state index is 0.0666. The van der Waals surface area contributed by atoms with E-state index in [4.69, 9.17) is 0 Å². The van der Waals surface area contributed by atoms with E-state index in [1.165, 1.54) is 0 Å². The van der Waals surface area contributed by atoms with E-state index in [0.29, 0.717) is 12.2 Å². The summed E-state index contributed by atoms with van der Waals surface area (Å²) in [4.78, 5) is 17.9. The molecule has 0 aromatic carbocycles. The molecule has 3 nitrogen and oxygen atoms in total. The third kappa shape index (κ3) is 1.55. The molecule has 0 saturated carbocycles. The van der Waals surface area contributed by atoms with E-state index in [-0.39, 0.29) is 6.04 Å². The molecule has 14 heavy (non-hydrogen) atoms. The van der Waals surface area contributed by atoms with Crippen molar-refractivity contribution in [3.8, 4) is 0 Å². The minimum atomic E-state index is -0.0666. The number of rotatable bonds is 1. The Kier molecular flexibility index (Phi) is 2.33. The Labute approximate surface area is 83.8 Å². The number of hydrogen-bond donors (Lipinski definition) is 0. The van der Waals surface area contributed by atoms with Crippen LogP contribution in [0.4, 0.5) is 0 Å². The van der Waals surface area contributed by atoms with Crippen LogP contribution in [0.5, 0.6) is 0 Å². The second kappa shape index (κ2) is 3.50. The quantitative estimate of drug-likeness (QED) is 0.670. The maximum atomic E-state index is 11.6. The van der Waals surface area contributed by atoms with Crippen molar-refractivity contribution in [3.05, 3.63) is 29.6 Å². The molecule has 1 aliphatic rings. The molecular formula is C11H14N2O. The zero-order chi connectivity index (χ0) is 10.1. The Morgan fingerprint density at radius 1 is 1.50 bits per heavy atom. The van der Waals surface area contributed by atoms with Gasteiger partial charge >= 0.3 is 0 Å². The Balaban J connectivity index is 2.30. The number of Topliss-reactive ketones (excluding diaryl/α,β-unsaturated/α-hetero) is 1. The number of ketones is 1. The number of aryl methyl sites for hydroxylation is 1. The highest BCUT2D eigenvalue weighted by atomic mass is 16.1. The smallest absolute Gasteiger partial charge is 0.155 e. The number of aromatic nitrogens is 1. The van der Waals surface area contributed by atoms with Crippen LogP contribution >= 0.6 is 0 Å².